The lowest BCUT2D eigenvalue weighted by Gasteiger charge is -2.26. The number of hydrogen-bond donors (Lipinski definition) is 0. The van der Waals surface area contributed by atoms with Gasteiger partial charge in [0, 0.05) is 18.7 Å². The second-order valence-corrected chi connectivity index (χ2v) is 6.75. The Kier molecular flexibility index (Phi) is 4.86. The van der Waals surface area contributed by atoms with E-state index in [4.69, 9.17) is 0 Å². The molecule has 1 aliphatic heterocycles. The number of pyridine rings is 1. The van der Waals surface area contributed by atoms with Crippen LogP contribution in [0.1, 0.15) is 30.0 Å². The topological polar surface area (TPSA) is 47.2 Å². The average molecular weight is 328 g/mol. The van der Waals surface area contributed by atoms with Crippen LogP contribution < -0.4 is 4.73 Å². The normalized spacial score (nSPS) is 17.4. The number of amides is 1. The third-order valence-corrected chi connectivity index (χ3v) is 5.26. The summed E-state index contributed by atoms with van der Waals surface area (Å²) in [6.45, 7) is 2.89. The van der Waals surface area contributed by atoms with Crippen molar-refractivity contribution in [2.75, 3.05) is 12.3 Å². The lowest BCUT2D eigenvalue weighted by Crippen LogP contribution is -2.33. The van der Waals surface area contributed by atoms with Gasteiger partial charge in [0.05, 0.1) is 11.8 Å². The number of benzene rings is 1. The maximum absolute atomic E-state index is 12.6. The van der Waals surface area contributed by atoms with E-state index in [1.807, 2.05) is 23.1 Å². The summed E-state index contributed by atoms with van der Waals surface area (Å²) in [6, 6.07) is 13.7. The van der Waals surface area contributed by atoms with Crippen LogP contribution in [-0.4, -0.2) is 23.1 Å². The van der Waals surface area contributed by atoms with Gasteiger partial charge in [0.1, 0.15) is 0 Å². The molecule has 2 aromatic rings. The zero-order valence-corrected chi connectivity index (χ0v) is 14.0. The van der Waals surface area contributed by atoms with E-state index in [2.05, 4.69) is 19.1 Å². The predicted molar refractivity (Wildman–Crippen MR) is 91.0 cm³/mol. The molecule has 0 saturated carbocycles. The van der Waals surface area contributed by atoms with Crippen LogP contribution >= 0.6 is 11.8 Å². The van der Waals surface area contributed by atoms with E-state index in [-0.39, 0.29) is 11.9 Å². The molecule has 0 radical (unpaired) electrons. The minimum atomic E-state index is 0.101. The molecule has 1 aliphatic rings. The largest absolute Gasteiger partial charge is 0.618 e. The summed E-state index contributed by atoms with van der Waals surface area (Å²) in [5.74, 6) is 0.402. The lowest BCUT2D eigenvalue weighted by molar-refractivity contribution is -0.645. The standard InChI is InChI=1S/C18H20N2O2S/c1-14-7-2-3-8-15(14)16-9-6-11-19(16)17(21)13-23-18-10-4-5-12-20(18)22/h2-5,7-8,10,12,16H,6,9,11,13H2,1H3/t16-/m1/s1. The van der Waals surface area contributed by atoms with Crippen molar-refractivity contribution in [3.05, 3.63) is 65.0 Å². The van der Waals surface area contributed by atoms with Crippen LogP contribution in [0.25, 0.3) is 0 Å². The number of thioether (sulfide) groups is 1. The fraction of sp³-hybridized carbons (Fsp3) is 0.333. The van der Waals surface area contributed by atoms with Crippen LogP contribution in [0, 0.1) is 12.1 Å². The summed E-state index contributed by atoms with van der Waals surface area (Å²) in [5.41, 5.74) is 2.47. The highest BCUT2D eigenvalue weighted by Crippen LogP contribution is 2.34. The van der Waals surface area contributed by atoms with Crippen LogP contribution in [0.4, 0.5) is 0 Å². The monoisotopic (exact) mass is 328 g/mol. The van der Waals surface area contributed by atoms with E-state index in [1.165, 1.54) is 29.1 Å². The van der Waals surface area contributed by atoms with E-state index >= 15 is 0 Å². The van der Waals surface area contributed by atoms with Gasteiger partial charge in [-0.25, -0.2) is 0 Å². The Morgan fingerprint density at radius 2 is 2.09 bits per heavy atom. The molecule has 23 heavy (non-hydrogen) atoms. The number of nitrogens with zero attached hydrogens (tertiary/aromatic N) is 2. The van der Waals surface area contributed by atoms with Crippen LogP contribution in [0.2, 0.25) is 0 Å². The highest BCUT2D eigenvalue weighted by molar-refractivity contribution is 7.99. The van der Waals surface area contributed by atoms with Gasteiger partial charge in [-0.1, -0.05) is 24.3 Å². The number of carbonyl (C=O) groups excluding carboxylic acids is 1. The first-order chi connectivity index (χ1) is 11.2. The fourth-order valence-corrected chi connectivity index (χ4v) is 3.89. The number of aryl methyl sites for hydroxylation is 1. The molecule has 1 aromatic heterocycles. The summed E-state index contributed by atoms with van der Waals surface area (Å²) < 4.78 is 0.806. The third kappa shape index (κ3) is 3.50. The number of aromatic nitrogens is 1. The Hall–Kier alpha value is -2.01. The SMILES string of the molecule is Cc1ccccc1[C@H]1CCCN1C(=O)CSc1cccc[n+]1[O-]. The van der Waals surface area contributed by atoms with Gasteiger partial charge in [-0.05, 0) is 48.7 Å². The summed E-state index contributed by atoms with van der Waals surface area (Å²) >= 11 is 1.30. The van der Waals surface area contributed by atoms with Gasteiger partial charge in [-0.15, -0.1) is 0 Å². The maximum atomic E-state index is 12.6. The average Bonchev–Trinajstić information content (AvgIpc) is 3.04. The Balaban J connectivity index is 1.69. The molecule has 0 aliphatic carbocycles. The van der Waals surface area contributed by atoms with Crippen molar-refractivity contribution in [1.82, 2.24) is 4.90 Å². The van der Waals surface area contributed by atoms with Gasteiger partial charge in [-0.2, -0.15) is 4.73 Å². The Morgan fingerprint density at radius 3 is 2.87 bits per heavy atom. The molecule has 0 bridgehead atoms. The molecule has 3 rings (SSSR count). The zero-order valence-electron chi connectivity index (χ0n) is 13.1. The quantitative estimate of drug-likeness (QED) is 0.492. The fourth-order valence-electron chi connectivity index (χ4n) is 3.09. The van der Waals surface area contributed by atoms with E-state index in [9.17, 15) is 10.0 Å². The van der Waals surface area contributed by atoms with E-state index in [1.54, 1.807) is 12.1 Å². The Morgan fingerprint density at radius 1 is 1.30 bits per heavy atom. The molecule has 0 spiro atoms. The smallest absolute Gasteiger partial charge is 0.251 e. The molecule has 1 amide bonds. The van der Waals surface area contributed by atoms with Gasteiger partial charge in [0.15, 0.2) is 6.20 Å². The summed E-state index contributed by atoms with van der Waals surface area (Å²) in [4.78, 5) is 14.6. The first-order valence-corrected chi connectivity index (χ1v) is 8.81. The van der Waals surface area contributed by atoms with E-state index in [0.29, 0.717) is 10.8 Å². The van der Waals surface area contributed by atoms with Crippen LogP contribution in [0.15, 0.2) is 53.7 Å². The van der Waals surface area contributed by atoms with Gasteiger partial charge < -0.3 is 10.1 Å². The van der Waals surface area contributed by atoms with Crippen LogP contribution in [0.3, 0.4) is 0 Å². The number of carbonyl (C=O) groups is 1. The Bertz CT molecular complexity index is 705. The van der Waals surface area contributed by atoms with Crippen molar-refractivity contribution < 1.29 is 9.52 Å². The van der Waals surface area contributed by atoms with Crippen molar-refractivity contribution in [3.63, 3.8) is 0 Å². The predicted octanol–water partition coefficient (Wildman–Crippen LogP) is 3.08. The molecular formula is C18H20N2O2S. The number of rotatable bonds is 4. The molecule has 1 saturated heterocycles. The molecule has 4 nitrogen and oxygen atoms in total. The minimum Gasteiger partial charge on any atom is -0.618 e. The summed E-state index contributed by atoms with van der Waals surface area (Å²) in [6.07, 6.45) is 3.50. The van der Waals surface area contributed by atoms with E-state index < -0.39 is 0 Å². The molecule has 120 valence electrons. The van der Waals surface area contributed by atoms with Crippen LogP contribution in [0.5, 0.6) is 0 Å². The minimum absolute atomic E-state index is 0.101. The molecule has 5 heteroatoms. The summed E-state index contributed by atoms with van der Waals surface area (Å²) in [7, 11) is 0. The highest BCUT2D eigenvalue weighted by Gasteiger charge is 2.30. The van der Waals surface area contributed by atoms with Gasteiger partial charge in [0.2, 0.25) is 5.91 Å². The maximum Gasteiger partial charge on any atom is 0.251 e. The zero-order chi connectivity index (χ0) is 16.2. The van der Waals surface area contributed by atoms with Crippen molar-refractivity contribution in [1.29, 1.82) is 0 Å². The first kappa shape index (κ1) is 15.9. The first-order valence-electron chi connectivity index (χ1n) is 7.83. The number of hydrogen-bond acceptors (Lipinski definition) is 3. The van der Waals surface area contributed by atoms with Gasteiger partial charge >= 0.3 is 0 Å². The summed E-state index contributed by atoms with van der Waals surface area (Å²) in [5, 5.41) is 12.2. The molecule has 0 N–H and O–H groups in total. The molecule has 1 fully saturated rings. The van der Waals surface area contributed by atoms with Crippen molar-refractivity contribution in [3.8, 4) is 0 Å². The van der Waals surface area contributed by atoms with Gasteiger partial charge in [-0.3, -0.25) is 4.79 Å². The van der Waals surface area contributed by atoms with Crippen molar-refractivity contribution in [2.24, 2.45) is 0 Å². The van der Waals surface area contributed by atoms with Crippen molar-refractivity contribution in [2.45, 2.75) is 30.8 Å². The highest BCUT2D eigenvalue weighted by atomic mass is 32.2. The Labute approximate surface area is 140 Å². The molecule has 2 heterocycles. The van der Waals surface area contributed by atoms with E-state index in [0.717, 1.165) is 24.1 Å². The lowest BCUT2D eigenvalue weighted by atomic mass is 9.99. The number of likely N-dealkylation sites (tertiary alicyclic amines) is 1. The molecule has 1 aromatic carbocycles. The molecular weight excluding hydrogens is 308 g/mol. The van der Waals surface area contributed by atoms with Crippen molar-refractivity contribution >= 4 is 17.7 Å². The third-order valence-electron chi connectivity index (χ3n) is 4.25. The van der Waals surface area contributed by atoms with Gasteiger partial charge in [0.25, 0.3) is 5.03 Å². The van der Waals surface area contributed by atoms with Crippen LogP contribution in [-0.2, 0) is 4.79 Å². The molecule has 1 atom stereocenters. The second-order valence-electron chi connectivity index (χ2n) is 5.76. The molecule has 0 unspecified atom stereocenters. The second kappa shape index (κ2) is 7.04.